The van der Waals surface area contributed by atoms with Gasteiger partial charge >= 0.3 is 0 Å². The Hall–Kier alpha value is -1.96. The summed E-state index contributed by atoms with van der Waals surface area (Å²) in [5.41, 5.74) is 5.63. The molecule has 0 spiro atoms. The van der Waals surface area contributed by atoms with Gasteiger partial charge in [-0.1, -0.05) is 30.6 Å². The third kappa shape index (κ3) is 5.35. The van der Waals surface area contributed by atoms with Gasteiger partial charge in [0.15, 0.2) is 5.84 Å². The van der Waals surface area contributed by atoms with Gasteiger partial charge in [0, 0.05) is 0 Å². The first-order valence-electron chi connectivity index (χ1n) is 6.17. The molecule has 4 N–H and O–H groups in total. The first kappa shape index (κ1) is 16.1. The number of amidine groups is 1. The Kier molecular flexibility index (Phi) is 6.10. The number of oxime groups is 1. The van der Waals surface area contributed by atoms with Gasteiger partial charge in [-0.3, -0.25) is 4.72 Å². The van der Waals surface area contributed by atoms with Crippen molar-refractivity contribution < 1.29 is 18.4 Å². The van der Waals surface area contributed by atoms with Crippen molar-refractivity contribution in [2.75, 3.05) is 17.1 Å². The maximum atomic E-state index is 11.9. The second-order valence-electron chi connectivity index (χ2n) is 4.15. The molecule has 112 valence electrons. The lowest BCUT2D eigenvalue weighted by atomic mass is 10.3. The van der Waals surface area contributed by atoms with Crippen LogP contribution in [0, 0.1) is 0 Å². The van der Waals surface area contributed by atoms with Crippen LogP contribution in [-0.2, 0) is 10.0 Å². The van der Waals surface area contributed by atoms with Crippen LogP contribution in [0.2, 0.25) is 0 Å². The smallest absolute Gasteiger partial charge is 0.232 e. The normalized spacial score (nSPS) is 12.2. The van der Waals surface area contributed by atoms with Gasteiger partial charge in [0.05, 0.1) is 11.4 Å². The van der Waals surface area contributed by atoms with Crippen LogP contribution < -0.4 is 15.2 Å². The minimum Gasteiger partial charge on any atom is -0.483 e. The number of nitrogens with two attached hydrogens (primary N) is 1. The van der Waals surface area contributed by atoms with E-state index in [1.807, 2.05) is 6.92 Å². The number of hydrogen-bond donors (Lipinski definition) is 3. The number of hydrogen-bond acceptors (Lipinski definition) is 5. The number of nitrogens with one attached hydrogen (secondary N) is 1. The maximum absolute atomic E-state index is 11.9. The average molecular weight is 301 g/mol. The summed E-state index contributed by atoms with van der Waals surface area (Å²) in [6, 6.07) is 6.58. The highest BCUT2D eigenvalue weighted by atomic mass is 32.2. The van der Waals surface area contributed by atoms with Crippen LogP contribution in [0.25, 0.3) is 0 Å². The summed E-state index contributed by atoms with van der Waals surface area (Å²) < 4.78 is 31.5. The molecule has 1 aromatic carbocycles. The summed E-state index contributed by atoms with van der Waals surface area (Å²) in [6.07, 6.45) is 1.38. The summed E-state index contributed by atoms with van der Waals surface area (Å²) in [4.78, 5) is 0. The largest absolute Gasteiger partial charge is 0.483 e. The van der Waals surface area contributed by atoms with Gasteiger partial charge in [-0.2, -0.15) is 0 Å². The predicted octanol–water partition coefficient (Wildman–Crippen LogP) is 1.35. The lowest BCUT2D eigenvalue weighted by Crippen LogP contribution is -2.22. The van der Waals surface area contributed by atoms with Gasteiger partial charge in [-0.15, -0.1) is 0 Å². The molecule has 0 heterocycles. The molecular formula is C12H19N3O4S. The molecular weight excluding hydrogens is 282 g/mol. The lowest BCUT2D eigenvalue weighted by molar-refractivity contribution is 0.306. The molecule has 0 atom stereocenters. The zero-order valence-electron chi connectivity index (χ0n) is 11.2. The van der Waals surface area contributed by atoms with Crippen LogP contribution in [0.4, 0.5) is 5.69 Å². The molecule has 0 fully saturated rings. The first-order valence-corrected chi connectivity index (χ1v) is 7.82. The van der Waals surface area contributed by atoms with Gasteiger partial charge in [0.2, 0.25) is 10.0 Å². The number of rotatable bonds is 8. The van der Waals surface area contributed by atoms with Gasteiger partial charge in [0.25, 0.3) is 0 Å². The van der Waals surface area contributed by atoms with E-state index in [0.29, 0.717) is 17.9 Å². The molecule has 1 aromatic rings. The number of anilines is 1. The number of nitrogens with zero attached hydrogens (tertiary/aromatic N) is 1. The molecule has 7 nitrogen and oxygen atoms in total. The Bertz CT molecular complexity index is 558. The van der Waals surface area contributed by atoms with Crippen molar-refractivity contribution in [2.45, 2.75) is 19.8 Å². The van der Waals surface area contributed by atoms with E-state index < -0.39 is 10.0 Å². The van der Waals surface area contributed by atoms with E-state index in [2.05, 4.69) is 9.88 Å². The predicted molar refractivity (Wildman–Crippen MR) is 77.7 cm³/mol. The van der Waals surface area contributed by atoms with Crippen LogP contribution in [-0.4, -0.2) is 31.8 Å². The van der Waals surface area contributed by atoms with E-state index in [1.54, 1.807) is 24.3 Å². The fourth-order valence-electron chi connectivity index (χ4n) is 1.41. The van der Waals surface area contributed by atoms with Crippen molar-refractivity contribution in [2.24, 2.45) is 10.9 Å². The Morgan fingerprint density at radius 3 is 2.80 bits per heavy atom. The quantitative estimate of drug-likeness (QED) is 0.290. The van der Waals surface area contributed by atoms with Crippen molar-refractivity contribution in [3.8, 4) is 5.75 Å². The molecule has 0 aliphatic rings. The molecule has 8 heteroatoms. The highest BCUT2D eigenvalue weighted by Crippen LogP contribution is 2.24. The highest BCUT2D eigenvalue weighted by Gasteiger charge is 2.13. The van der Waals surface area contributed by atoms with Gasteiger partial charge in [-0.05, 0) is 18.6 Å². The summed E-state index contributed by atoms with van der Waals surface area (Å²) in [7, 11) is -3.40. The molecule has 0 aliphatic carbocycles. The Morgan fingerprint density at radius 1 is 1.45 bits per heavy atom. The third-order valence-corrected chi connectivity index (χ3v) is 3.78. The second kappa shape index (κ2) is 7.59. The molecule has 0 aromatic heterocycles. The third-order valence-electron chi connectivity index (χ3n) is 2.42. The molecule has 1 rings (SSSR count). The van der Waals surface area contributed by atoms with Crippen molar-refractivity contribution >= 4 is 21.5 Å². The van der Waals surface area contributed by atoms with E-state index >= 15 is 0 Å². The molecule has 20 heavy (non-hydrogen) atoms. The number of sulfonamides is 1. The van der Waals surface area contributed by atoms with Crippen LogP contribution in [0.15, 0.2) is 29.4 Å². The Labute approximate surface area is 118 Å². The molecule has 0 radical (unpaired) electrons. The van der Waals surface area contributed by atoms with Crippen molar-refractivity contribution in [3.05, 3.63) is 24.3 Å². The van der Waals surface area contributed by atoms with Crippen molar-refractivity contribution in [1.82, 2.24) is 0 Å². The second-order valence-corrected chi connectivity index (χ2v) is 5.99. The van der Waals surface area contributed by atoms with Crippen molar-refractivity contribution in [1.29, 1.82) is 0 Å². The maximum Gasteiger partial charge on any atom is 0.232 e. The minimum atomic E-state index is -3.40. The zero-order chi connectivity index (χ0) is 15.0. The highest BCUT2D eigenvalue weighted by molar-refractivity contribution is 7.92. The van der Waals surface area contributed by atoms with E-state index in [4.69, 9.17) is 15.7 Å². The lowest BCUT2D eigenvalue weighted by Gasteiger charge is -2.13. The van der Waals surface area contributed by atoms with E-state index in [-0.39, 0.29) is 18.2 Å². The molecule has 0 aliphatic heterocycles. The molecule has 0 saturated heterocycles. The molecule has 0 bridgehead atoms. The van der Waals surface area contributed by atoms with E-state index in [9.17, 15) is 8.42 Å². The first-order chi connectivity index (χ1) is 9.48. The fraction of sp³-hybridized carbons (Fsp3) is 0.417. The van der Waals surface area contributed by atoms with Gasteiger partial charge < -0.3 is 15.7 Å². The number of ether oxygens (including phenoxy) is 1. The van der Waals surface area contributed by atoms with Crippen LogP contribution in [0.5, 0.6) is 5.75 Å². The monoisotopic (exact) mass is 301 g/mol. The number of para-hydroxylation sites is 2. The van der Waals surface area contributed by atoms with Crippen molar-refractivity contribution in [3.63, 3.8) is 0 Å². The summed E-state index contributed by atoms with van der Waals surface area (Å²) in [5.74, 6) is 0.269. The standard InChI is InChI=1S/C12H19N3O4S/c1-2-3-8-20(17,18)15-10-6-4-5-7-11(10)19-9-12(13)14-16/h4-7,15-16H,2-3,8-9H2,1H3,(H2,13,14). The number of benzene rings is 1. The van der Waals surface area contributed by atoms with Gasteiger partial charge in [0.1, 0.15) is 12.4 Å². The average Bonchev–Trinajstić information content (AvgIpc) is 2.43. The molecule has 0 amide bonds. The van der Waals surface area contributed by atoms with Crippen LogP contribution >= 0.6 is 0 Å². The SMILES string of the molecule is CCCCS(=O)(=O)Nc1ccccc1OC/C(N)=N/O. The molecule has 0 saturated carbocycles. The van der Waals surface area contributed by atoms with Crippen LogP contribution in [0.3, 0.4) is 0 Å². The minimum absolute atomic E-state index is 0.0536. The summed E-state index contributed by atoms with van der Waals surface area (Å²) in [5, 5.41) is 11.2. The van der Waals surface area contributed by atoms with Gasteiger partial charge in [-0.25, -0.2) is 8.42 Å². The zero-order valence-corrected chi connectivity index (χ0v) is 12.1. The topological polar surface area (TPSA) is 114 Å². The van der Waals surface area contributed by atoms with Crippen LogP contribution in [0.1, 0.15) is 19.8 Å². The van der Waals surface area contributed by atoms with E-state index in [1.165, 1.54) is 0 Å². The summed E-state index contributed by atoms with van der Waals surface area (Å²) >= 11 is 0. The molecule has 0 unspecified atom stereocenters. The van der Waals surface area contributed by atoms with E-state index in [0.717, 1.165) is 6.42 Å². The fourth-order valence-corrected chi connectivity index (χ4v) is 2.68. The summed E-state index contributed by atoms with van der Waals surface area (Å²) in [6.45, 7) is 1.79. The Balaban J connectivity index is 2.80. The Morgan fingerprint density at radius 2 is 2.15 bits per heavy atom. The number of unbranched alkanes of at least 4 members (excludes halogenated alkanes) is 1.